The van der Waals surface area contributed by atoms with Crippen molar-refractivity contribution in [3.63, 3.8) is 0 Å². The fourth-order valence-electron chi connectivity index (χ4n) is 2.50. The Balaban J connectivity index is 1.74. The second kappa shape index (κ2) is 7.69. The van der Waals surface area contributed by atoms with Crippen LogP contribution in [-0.2, 0) is 0 Å². The summed E-state index contributed by atoms with van der Waals surface area (Å²) in [5.41, 5.74) is 1.25. The Hall–Kier alpha value is -1.23. The third-order valence-electron chi connectivity index (χ3n) is 3.68. The molecule has 1 heterocycles. The Morgan fingerprint density at radius 2 is 2.24 bits per heavy atom. The van der Waals surface area contributed by atoms with Gasteiger partial charge in [-0.15, -0.1) is 0 Å². The first-order chi connectivity index (χ1) is 10.0. The van der Waals surface area contributed by atoms with Gasteiger partial charge in [-0.25, -0.2) is 4.79 Å². The van der Waals surface area contributed by atoms with Crippen LogP contribution in [0.5, 0.6) is 0 Å². The highest BCUT2D eigenvalue weighted by atomic mass is 79.9. The summed E-state index contributed by atoms with van der Waals surface area (Å²) < 4.78 is 1.11. The van der Waals surface area contributed by atoms with Gasteiger partial charge in [0.15, 0.2) is 0 Å². The number of nitrogens with zero attached hydrogens (tertiary/aromatic N) is 1. The van der Waals surface area contributed by atoms with E-state index in [0.29, 0.717) is 11.8 Å². The number of halogens is 1. The van der Waals surface area contributed by atoms with Gasteiger partial charge in [-0.3, -0.25) is 0 Å². The van der Waals surface area contributed by atoms with Gasteiger partial charge >= 0.3 is 6.03 Å². The van der Waals surface area contributed by atoms with Crippen LogP contribution in [0.3, 0.4) is 0 Å². The number of urea groups is 1. The molecule has 2 amide bonds. The molecule has 21 heavy (non-hydrogen) atoms. The number of nitrogens with one attached hydrogen (secondary N) is 2. The SMILES string of the molecule is CC(C)CNC(=O)NCC1CCN(c2cccc(Br)c2)C1. The number of carbonyl (C=O) groups is 1. The summed E-state index contributed by atoms with van der Waals surface area (Å²) in [7, 11) is 0. The van der Waals surface area contributed by atoms with Crippen LogP contribution in [-0.4, -0.2) is 32.2 Å². The van der Waals surface area contributed by atoms with Crippen LogP contribution < -0.4 is 15.5 Å². The molecule has 1 aromatic carbocycles. The van der Waals surface area contributed by atoms with E-state index < -0.39 is 0 Å². The maximum atomic E-state index is 11.7. The first-order valence-corrected chi connectivity index (χ1v) is 8.36. The van der Waals surface area contributed by atoms with Crippen molar-refractivity contribution in [2.24, 2.45) is 11.8 Å². The van der Waals surface area contributed by atoms with Gasteiger partial charge in [0.25, 0.3) is 0 Å². The summed E-state index contributed by atoms with van der Waals surface area (Å²) in [5.74, 6) is 1.00. The highest BCUT2D eigenvalue weighted by molar-refractivity contribution is 9.10. The van der Waals surface area contributed by atoms with Crippen LogP contribution in [0.1, 0.15) is 20.3 Å². The maximum absolute atomic E-state index is 11.7. The molecule has 0 spiro atoms. The number of rotatable bonds is 5. The molecule has 1 atom stereocenters. The van der Waals surface area contributed by atoms with Gasteiger partial charge in [-0.05, 0) is 36.5 Å². The van der Waals surface area contributed by atoms with Crippen LogP contribution in [0.25, 0.3) is 0 Å². The topological polar surface area (TPSA) is 44.4 Å². The minimum atomic E-state index is -0.0513. The number of hydrogen-bond acceptors (Lipinski definition) is 2. The molecule has 1 unspecified atom stereocenters. The summed E-state index contributed by atoms with van der Waals surface area (Å²) >= 11 is 3.51. The lowest BCUT2D eigenvalue weighted by Crippen LogP contribution is -2.40. The number of benzene rings is 1. The predicted molar refractivity (Wildman–Crippen MR) is 90.7 cm³/mol. The molecule has 1 fully saturated rings. The van der Waals surface area contributed by atoms with Crippen molar-refractivity contribution in [2.45, 2.75) is 20.3 Å². The van der Waals surface area contributed by atoms with Crippen molar-refractivity contribution >= 4 is 27.6 Å². The molecule has 1 aliphatic heterocycles. The van der Waals surface area contributed by atoms with Gasteiger partial charge < -0.3 is 15.5 Å². The smallest absolute Gasteiger partial charge is 0.314 e. The Kier molecular flexibility index (Phi) is 5.91. The Labute approximate surface area is 135 Å². The average Bonchev–Trinajstić information content (AvgIpc) is 2.92. The highest BCUT2D eigenvalue weighted by Crippen LogP contribution is 2.25. The molecule has 2 N–H and O–H groups in total. The number of anilines is 1. The zero-order valence-electron chi connectivity index (χ0n) is 12.7. The Bertz CT molecular complexity index is 478. The molecule has 0 bridgehead atoms. The van der Waals surface area contributed by atoms with E-state index in [1.54, 1.807) is 0 Å². The maximum Gasteiger partial charge on any atom is 0.314 e. The van der Waals surface area contributed by atoms with E-state index in [4.69, 9.17) is 0 Å². The molecule has 2 rings (SSSR count). The Morgan fingerprint density at radius 3 is 2.95 bits per heavy atom. The zero-order chi connectivity index (χ0) is 15.2. The van der Waals surface area contributed by atoms with Gasteiger partial charge in [0.2, 0.25) is 0 Å². The van der Waals surface area contributed by atoms with E-state index >= 15 is 0 Å². The standard InChI is InChI=1S/C16H24BrN3O/c1-12(2)9-18-16(21)19-10-13-6-7-20(11-13)15-5-3-4-14(17)8-15/h3-5,8,12-13H,6-7,9-11H2,1-2H3,(H2,18,19,21). The van der Waals surface area contributed by atoms with E-state index in [1.807, 2.05) is 6.07 Å². The fourth-order valence-corrected chi connectivity index (χ4v) is 2.89. The molecule has 0 aliphatic carbocycles. The van der Waals surface area contributed by atoms with Crippen molar-refractivity contribution in [3.8, 4) is 0 Å². The van der Waals surface area contributed by atoms with Gasteiger partial charge in [0, 0.05) is 36.3 Å². The zero-order valence-corrected chi connectivity index (χ0v) is 14.3. The number of amides is 2. The average molecular weight is 354 g/mol. The summed E-state index contributed by atoms with van der Waals surface area (Å²) in [5, 5.41) is 5.86. The summed E-state index contributed by atoms with van der Waals surface area (Å²) in [6, 6.07) is 8.33. The van der Waals surface area contributed by atoms with E-state index in [-0.39, 0.29) is 6.03 Å². The van der Waals surface area contributed by atoms with Crippen LogP contribution >= 0.6 is 15.9 Å². The number of carbonyl (C=O) groups excluding carboxylic acids is 1. The van der Waals surface area contributed by atoms with E-state index in [9.17, 15) is 4.79 Å². The van der Waals surface area contributed by atoms with Crippen LogP contribution in [0.4, 0.5) is 10.5 Å². The molecule has 0 aromatic heterocycles. The minimum Gasteiger partial charge on any atom is -0.371 e. The lowest BCUT2D eigenvalue weighted by atomic mass is 10.1. The van der Waals surface area contributed by atoms with Gasteiger partial charge in [0.1, 0.15) is 0 Å². The van der Waals surface area contributed by atoms with Gasteiger partial charge in [0.05, 0.1) is 0 Å². The second-order valence-electron chi connectivity index (χ2n) is 6.07. The molecule has 116 valence electrons. The largest absolute Gasteiger partial charge is 0.371 e. The van der Waals surface area contributed by atoms with Gasteiger partial charge in [-0.2, -0.15) is 0 Å². The van der Waals surface area contributed by atoms with Crippen molar-refractivity contribution in [3.05, 3.63) is 28.7 Å². The van der Waals surface area contributed by atoms with Crippen LogP contribution in [0.2, 0.25) is 0 Å². The molecule has 1 aromatic rings. The molecule has 5 heteroatoms. The van der Waals surface area contributed by atoms with Crippen molar-refractivity contribution < 1.29 is 4.79 Å². The van der Waals surface area contributed by atoms with Crippen LogP contribution in [0.15, 0.2) is 28.7 Å². The van der Waals surface area contributed by atoms with E-state index in [2.05, 4.69) is 63.5 Å². The summed E-state index contributed by atoms with van der Waals surface area (Å²) in [6.45, 7) is 7.70. The third kappa shape index (κ3) is 5.23. The van der Waals surface area contributed by atoms with Crippen molar-refractivity contribution in [1.82, 2.24) is 10.6 Å². The van der Waals surface area contributed by atoms with Crippen molar-refractivity contribution in [1.29, 1.82) is 0 Å². The Morgan fingerprint density at radius 1 is 1.43 bits per heavy atom. The summed E-state index contributed by atoms with van der Waals surface area (Å²) in [6.07, 6.45) is 1.12. The minimum absolute atomic E-state index is 0.0513. The summed E-state index contributed by atoms with van der Waals surface area (Å²) in [4.78, 5) is 14.0. The fraction of sp³-hybridized carbons (Fsp3) is 0.562. The van der Waals surface area contributed by atoms with E-state index in [1.165, 1.54) is 5.69 Å². The molecular formula is C16H24BrN3O. The molecular weight excluding hydrogens is 330 g/mol. The number of hydrogen-bond donors (Lipinski definition) is 2. The lowest BCUT2D eigenvalue weighted by molar-refractivity contribution is 0.238. The van der Waals surface area contributed by atoms with E-state index in [0.717, 1.165) is 37.1 Å². The lowest BCUT2D eigenvalue weighted by Gasteiger charge is -2.19. The molecule has 4 nitrogen and oxygen atoms in total. The van der Waals surface area contributed by atoms with Gasteiger partial charge in [-0.1, -0.05) is 35.8 Å². The first kappa shape index (κ1) is 16.1. The quantitative estimate of drug-likeness (QED) is 0.853. The molecule has 0 saturated carbocycles. The molecule has 1 saturated heterocycles. The molecule has 0 radical (unpaired) electrons. The first-order valence-electron chi connectivity index (χ1n) is 7.57. The van der Waals surface area contributed by atoms with Crippen LogP contribution in [0, 0.1) is 11.8 Å². The monoisotopic (exact) mass is 353 g/mol. The molecule has 1 aliphatic rings. The highest BCUT2D eigenvalue weighted by Gasteiger charge is 2.23. The predicted octanol–water partition coefficient (Wildman–Crippen LogP) is 3.23. The second-order valence-corrected chi connectivity index (χ2v) is 6.98. The van der Waals surface area contributed by atoms with Crippen molar-refractivity contribution in [2.75, 3.05) is 31.1 Å². The third-order valence-corrected chi connectivity index (χ3v) is 4.17. The normalized spacial score (nSPS) is 18.1.